The number of amides is 1. The summed E-state index contributed by atoms with van der Waals surface area (Å²) in [6.45, 7) is 0.358. The molecule has 0 radical (unpaired) electrons. The second-order valence-corrected chi connectivity index (χ2v) is 6.68. The maximum atomic E-state index is 13.3. The van der Waals surface area contributed by atoms with E-state index in [0.29, 0.717) is 17.7 Å². The van der Waals surface area contributed by atoms with E-state index < -0.39 is 17.9 Å². The predicted molar refractivity (Wildman–Crippen MR) is 102 cm³/mol. The molecule has 27 heavy (non-hydrogen) atoms. The molecule has 1 aliphatic heterocycles. The Balaban J connectivity index is 1.88. The summed E-state index contributed by atoms with van der Waals surface area (Å²) in [6, 6.07) is 25.5. The van der Waals surface area contributed by atoms with Crippen LogP contribution in [0, 0.1) is 0 Å². The fourth-order valence-corrected chi connectivity index (χ4v) is 3.83. The number of carboxylic acid groups (broad SMARTS) is 1. The number of benzene rings is 3. The van der Waals surface area contributed by atoms with Crippen LogP contribution in [-0.2, 0) is 11.3 Å². The molecule has 0 bridgehead atoms. The lowest BCUT2D eigenvalue weighted by Crippen LogP contribution is -2.44. The Bertz CT molecular complexity index is 969. The smallest absolute Gasteiger partial charge is 0.313 e. The topological polar surface area (TPSA) is 57.6 Å². The Kier molecular flexibility index (Phi) is 4.47. The third-order valence-corrected chi connectivity index (χ3v) is 5.04. The third kappa shape index (κ3) is 3.10. The largest absolute Gasteiger partial charge is 0.481 e. The highest BCUT2D eigenvalue weighted by atomic mass is 16.4. The van der Waals surface area contributed by atoms with Crippen LogP contribution < -0.4 is 0 Å². The monoisotopic (exact) mass is 357 g/mol. The van der Waals surface area contributed by atoms with E-state index in [4.69, 9.17) is 0 Å². The molecule has 2 atom stereocenters. The molecule has 4 rings (SSSR count). The van der Waals surface area contributed by atoms with E-state index in [-0.39, 0.29) is 5.91 Å². The van der Waals surface area contributed by atoms with E-state index in [1.165, 1.54) is 0 Å². The molecular formula is C23H19NO3. The van der Waals surface area contributed by atoms with Gasteiger partial charge in [-0.25, -0.2) is 0 Å². The average Bonchev–Trinajstić information content (AvgIpc) is 2.71. The number of hydrogen-bond acceptors (Lipinski definition) is 2. The van der Waals surface area contributed by atoms with E-state index in [1.807, 2.05) is 60.7 Å². The molecule has 0 spiro atoms. The summed E-state index contributed by atoms with van der Waals surface area (Å²) in [7, 11) is 0. The lowest BCUT2D eigenvalue weighted by atomic mass is 9.79. The van der Waals surface area contributed by atoms with Crippen LogP contribution >= 0.6 is 0 Å². The van der Waals surface area contributed by atoms with Crippen molar-refractivity contribution in [2.24, 2.45) is 0 Å². The highest BCUT2D eigenvalue weighted by Crippen LogP contribution is 2.43. The summed E-state index contributed by atoms with van der Waals surface area (Å²) < 4.78 is 0. The predicted octanol–water partition coefficient (Wildman–Crippen LogP) is 4.25. The van der Waals surface area contributed by atoms with Gasteiger partial charge in [-0.15, -0.1) is 0 Å². The van der Waals surface area contributed by atoms with Crippen LogP contribution in [0.5, 0.6) is 0 Å². The number of hydrogen-bond donors (Lipinski definition) is 1. The van der Waals surface area contributed by atoms with Crippen molar-refractivity contribution in [1.29, 1.82) is 0 Å². The van der Waals surface area contributed by atoms with Crippen LogP contribution in [0.2, 0.25) is 0 Å². The Morgan fingerprint density at radius 1 is 0.852 bits per heavy atom. The summed E-state index contributed by atoms with van der Waals surface area (Å²) in [6.07, 6.45) is 0. The maximum absolute atomic E-state index is 13.3. The zero-order valence-corrected chi connectivity index (χ0v) is 14.7. The Labute approximate surface area is 157 Å². The Morgan fingerprint density at radius 3 is 2.11 bits per heavy atom. The van der Waals surface area contributed by atoms with Gasteiger partial charge in [0, 0.05) is 12.1 Å². The number of carboxylic acids is 1. The quantitative estimate of drug-likeness (QED) is 0.759. The number of carbonyl (C=O) groups is 2. The summed E-state index contributed by atoms with van der Waals surface area (Å²) >= 11 is 0. The molecule has 1 heterocycles. The minimum Gasteiger partial charge on any atom is -0.481 e. The van der Waals surface area contributed by atoms with Crippen LogP contribution in [0.3, 0.4) is 0 Å². The molecule has 3 aromatic carbocycles. The van der Waals surface area contributed by atoms with Crippen molar-refractivity contribution >= 4 is 11.9 Å². The van der Waals surface area contributed by atoms with Gasteiger partial charge in [0.25, 0.3) is 5.91 Å². The van der Waals surface area contributed by atoms with Crippen LogP contribution in [0.1, 0.15) is 39.0 Å². The molecule has 0 aromatic heterocycles. The SMILES string of the molecule is O=C(O)C1c2ccccc2C(=O)N(Cc2ccccc2)C1c1ccccc1. The van der Waals surface area contributed by atoms with Gasteiger partial charge >= 0.3 is 5.97 Å². The molecule has 4 heteroatoms. The molecule has 2 unspecified atom stereocenters. The molecule has 0 aliphatic carbocycles. The van der Waals surface area contributed by atoms with E-state index >= 15 is 0 Å². The summed E-state index contributed by atoms with van der Waals surface area (Å²) in [4.78, 5) is 27.3. The van der Waals surface area contributed by atoms with E-state index in [2.05, 4.69) is 0 Å². The van der Waals surface area contributed by atoms with Crippen molar-refractivity contribution in [2.45, 2.75) is 18.5 Å². The van der Waals surface area contributed by atoms with Gasteiger partial charge < -0.3 is 10.0 Å². The zero-order valence-electron chi connectivity index (χ0n) is 14.7. The van der Waals surface area contributed by atoms with Crippen molar-refractivity contribution < 1.29 is 14.7 Å². The first-order chi connectivity index (χ1) is 13.2. The molecule has 0 fully saturated rings. The van der Waals surface area contributed by atoms with Crippen molar-refractivity contribution in [2.75, 3.05) is 0 Å². The number of rotatable bonds is 4. The summed E-state index contributed by atoms with van der Waals surface area (Å²) in [5.41, 5.74) is 2.83. The highest BCUT2D eigenvalue weighted by molar-refractivity contribution is 6.00. The molecule has 1 amide bonds. The van der Waals surface area contributed by atoms with Crippen LogP contribution in [-0.4, -0.2) is 21.9 Å². The van der Waals surface area contributed by atoms with Gasteiger partial charge in [0.2, 0.25) is 0 Å². The van der Waals surface area contributed by atoms with Gasteiger partial charge in [-0.05, 0) is 22.8 Å². The lowest BCUT2D eigenvalue weighted by molar-refractivity contribution is -0.140. The molecule has 0 saturated heterocycles. The van der Waals surface area contributed by atoms with Gasteiger partial charge in [0.05, 0.1) is 6.04 Å². The molecule has 1 aliphatic rings. The lowest BCUT2D eigenvalue weighted by Gasteiger charge is -2.41. The fraction of sp³-hybridized carbons (Fsp3) is 0.130. The first-order valence-corrected chi connectivity index (χ1v) is 8.88. The number of fused-ring (bicyclic) bond motifs is 1. The van der Waals surface area contributed by atoms with Crippen molar-refractivity contribution in [3.63, 3.8) is 0 Å². The fourth-order valence-electron chi connectivity index (χ4n) is 3.83. The summed E-state index contributed by atoms with van der Waals surface area (Å²) in [5, 5.41) is 10.0. The molecule has 4 nitrogen and oxygen atoms in total. The van der Waals surface area contributed by atoms with E-state index in [9.17, 15) is 14.7 Å². The zero-order chi connectivity index (χ0) is 18.8. The Morgan fingerprint density at radius 2 is 1.44 bits per heavy atom. The normalized spacial score (nSPS) is 18.8. The van der Waals surface area contributed by atoms with Crippen LogP contribution in [0.15, 0.2) is 84.9 Å². The average molecular weight is 357 g/mol. The first kappa shape index (κ1) is 17.0. The van der Waals surface area contributed by atoms with Crippen molar-refractivity contribution in [3.8, 4) is 0 Å². The maximum Gasteiger partial charge on any atom is 0.313 e. The second kappa shape index (κ2) is 7.08. The highest BCUT2D eigenvalue weighted by Gasteiger charge is 2.44. The third-order valence-electron chi connectivity index (χ3n) is 5.04. The molecule has 134 valence electrons. The van der Waals surface area contributed by atoms with Gasteiger partial charge in [-0.1, -0.05) is 78.9 Å². The number of aliphatic carboxylic acids is 1. The Hall–Kier alpha value is -3.40. The van der Waals surface area contributed by atoms with Crippen LogP contribution in [0.4, 0.5) is 0 Å². The van der Waals surface area contributed by atoms with E-state index in [1.54, 1.807) is 29.2 Å². The van der Waals surface area contributed by atoms with Gasteiger partial charge in [-0.3, -0.25) is 9.59 Å². The standard InChI is InChI=1S/C23H19NO3/c25-22-19-14-8-7-13-18(19)20(23(26)27)21(17-11-5-2-6-12-17)24(22)15-16-9-3-1-4-10-16/h1-14,20-21H,15H2,(H,26,27). The molecule has 0 saturated carbocycles. The van der Waals surface area contributed by atoms with Crippen molar-refractivity contribution in [3.05, 3.63) is 107 Å². The van der Waals surface area contributed by atoms with Crippen LogP contribution in [0.25, 0.3) is 0 Å². The number of carbonyl (C=O) groups excluding carboxylic acids is 1. The first-order valence-electron chi connectivity index (χ1n) is 8.88. The van der Waals surface area contributed by atoms with Gasteiger partial charge in [0.1, 0.15) is 5.92 Å². The second-order valence-electron chi connectivity index (χ2n) is 6.68. The molecular weight excluding hydrogens is 338 g/mol. The molecule has 1 N–H and O–H groups in total. The number of nitrogens with zero attached hydrogens (tertiary/aromatic N) is 1. The van der Waals surface area contributed by atoms with Gasteiger partial charge in [-0.2, -0.15) is 0 Å². The van der Waals surface area contributed by atoms with E-state index in [0.717, 1.165) is 11.1 Å². The van der Waals surface area contributed by atoms with Gasteiger partial charge in [0.15, 0.2) is 0 Å². The van der Waals surface area contributed by atoms with Crippen molar-refractivity contribution in [1.82, 2.24) is 4.90 Å². The summed E-state index contributed by atoms with van der Waals surface area (Å²) in [5.74, 6) is -1.88. The molecule has 3 aromatic rings. The minimum atomic E-state index is -0.929. The minimum absolute atomic E-state index is 0.138.